The molecule has 0 saturated carbocycles. The number of aliphatic hydroxyl groups is 1. The van der Waals surface area contributed by atoms with Crippen molar-refractivity contribution in [2.24, 2.45) is 0 Å². The van der Waals surface area contributed by atoms with E-state index in [2.05, 4.69) is 25.2 Å². The molecule has 0 radical (unpaired) electrons. The maximum atomic E-state index is 15.7. The summed E-state index contributed by atoms with van der Waals surface area (Å²) in [6.07, 6.45) is -2.95. The van der Waals surface area contributed by atoms with Gasteiger partial charge in [0.2, 0.25) is 0 Å². The Bertz CT molecular complexity index is 1390. The number of carboxylic acid groups (broad SMARTS) is 1. The number of hydrogen-bond donors (Lipinski definition) is 2. The number of alkyl halides is 5. The Morgan fingerprint density at radius 1 is 0.949 bits per heavy atom. The quantitative estimate of drug-likeness (QED) is 0.254. The number of aromatic nitrogens is 5. The lowest BCUT2D eigenvalue weighted by atomic mass is 9.84. The van der Waals surface area contributed by atoms with E-state index >= 15 is 8.78 Å². The van der Waals surface area contributed by atoms with Crippen LogP contribution in [0.1, 0.15) is 11.3 Å². The lowest BCUT2D eigenvalue weighted by Crippen LogP contribution is -2.48. The van der Waals surface area contributed by atoms with Gasteiger partial charge >= 0.3 is 12.3 Å². The number of carbonyl (C=O) groups is 1. The summed E-state index contributed by atoms with van der Waals surface area (Å²) < 4.78 is 101. The number of benzene rings is 2. The van der Waals surface area contributed by atoms with Gasteiger partial charge in [-0.2, -0.15) is 8.78 Å². The van der Waals surface area contributed by atoms with Crippen molar-refractivity contribution in [1.29, 1.82) is 0 Å². The SMILES string of the molecule is O=CO.O[C@@](Cn1cnnn1)(c1ccc(F)cc1F)C(F)(F)c1ccc(-c2ccc(OC(F)(F)F)cc2)cn1. The zero-order valence-electron chi connectivity index (χ0n) is 19.2. The minimum atomic E-state index is -4.88. The molecular weight excluding hydrogens is 543 g/mol. The lowest BCUT2D eigenvalue weighted by molar-refractivity contribution is -0.274. The Kier molecular flexibility index (Phi) is 8.48. The van der Waals surface area contributed by atoms with Gasteiger partial charge in [-0.3, -0.25) is 9.78 Å². The minimum absolute atomic E-state index is 0.250. The van der Waals surface area contributed by atoms with Gasteiger partial charge in [-0.25, -0.2) is 13.5 Å². The smallest absolute Gasteiger partial charge is 0.483 e. The van der Waals surface area contributed by atoms with Crippen LogP contribution in [0.3, 0.4) is 0 Å². The highest BCUT2D eigenvalue weighted by Gasteiger charge is 2.58. The molecule has 0 spiro atoms. The van der Waals surface area contributed by atoms with Crippen LogP contribution >= 0.6 is 0 Å². The number of rotatable bonds is 7. The molecule has 0 amide bonds. The number of nitrogens with zero attached hydrogens (tertiary/aromatic N) is 5. The van der Waals surface area contributed by atoms with Gasteiger partial charge in [-0.15, -0.1) is 18.3 Å². The van der Waals surface area contributed by atoms with Gasteiger partial charge in [0.15, 0.2) is 5.60 Å². The van der Waals surface area contributed by atoms with E-state index in [1.54, 1.807) is 0 Å². The topological polar surface area (TPSA) is 123 Å². The zero-order chi connectivity index (χ0) is 28.8. The van der Waals surface area contributed by atoms with Crippen LogP contribution in [0.4, 0.5) is 30.7 Å². The van der Waals surface area contributed by atoms with E-state index in [4.69, 9.17) is 9.90 Å². The number of halogens is 7. The first kappa shape index (κ1) is 29.0. The average molecular weight is 559 g/mol. The van der Waals surface area contributed by atoms with E-state index in [1.165, 1.54) is 18.2 Å². The molecular formula is C23H16F7N5O4. The van der Waals surface area contributed by atoms with E-state index in [9.17, 15) is 27.1 Å². The molecule has 2 heterocycles. The second kappa shape index (κ2) is 11.4. The summed E-state index contributed by atoms with van der Waals surface area (Å²) >= 11 is 0. The summed E-state index contributed by atoms with van der Waals surface area (Å²) in [5.41, 5.74) is -4.60. The van der Waals surface area contributed by atoms with Crippen LogP contribution in [0.5, 0.6) is 5.75 Å². The molecule has 2 N–H and O–H groups in total. The molecule has 2 aromatic heterocycles. The minimum Gasteiger partial charge on any atom is -0.483 e. The van der Waals surface area contributed by atoms with Crippen molar-refractivity contribution in [3.05, 3.63) is 90.0 Å². The van der Waals surface area contributed by atoms with E-state index in [1.807, 2.05) is 0 Å². The Hall–Kier alpha value is -4.60. The van der Waals surface area contributed by atoms with Crippen molar-refractivity contribution in [2.45, 2.75) is 24.4 Å². The van der Waals surface area contributed by atoms with Crippen LogP contribution in [-0.4, -0.2) is 48.2 Å². The van der Waals surface area contributed by atoms with Crippen LogP contribution in [-0.2, 0) is 22.9 Å². The third kappa shape index (κ3) is 6.64. The summed E-state index contributed by atoms with van der Waals surface area (Å²) in [6, 6.07) is 8.38. The molecule has 4 rings (SSSR count). The highest BCUT2D eigenvalue weighted by Crippen LogP contribution is 2.46. The van der Waals surface area contributed by atoms with Gasteiger partial charge in [0, 0.05) is 23.4 Å². The molecule has 16 heteroatoms. The van der Waals surface area contributed by atoms with E-state index in [0.29, 0.717) is 23.8 Å². The standard InChI is InChI=1S/C22H14F7N5O2.CH2O2/c23-15-4-7-17(18(24)9-15)20(35,11-34-12-31-32-33-34)21(25,26)19-8-3-14(10-30-19)13-1-5-16(6-2-13)36-22(27,28)29;2-1-3/h1-10,12,35H,11H2;1H,(H,2,3)/t20-;/m0./s1. The van der Waals surface area contributed by atoms with Crippen LogP contribution in [0, 0.1) is 11.6 Å². The van der Waals surface area contributed by atoms with Gasteiger partial charge in [-0.1, -0.05) is 18.2 Å². The predicted octanol–water partition coefficient (Wildman–Crippen LogP) is 4.29. The fourth-order valence-electron chi connectivity index (χ4n) is 3.48. The molecule has 0 aliphatic carbocycles. The van der Waals surface area contributed by atoms with Crippen molar-refractivity contribution < 1.29 is 50.5 Å². The molecule has 9 nitrogen and oxygen atoms in total. The third-order valence-corrected chi connectivity index (χ3v) is 5.18. The number of tetrazole rings is 1. The largest absolute Gasteiger partial charge is 0.573 e. The number of pyridine rings is 1. The first-order valence-corrected chi connectivity index (χ1v) is 10.5. The van der Waals surface area contributed by atoms with E-state index in [-0.39, 0.29) is 12.0 Å². The first-order valence-electron chi connectivity index (χ1n) is 10.5. The van der Waals surface area contributed by atoms with Crippen molar-refractivity contribution >= 4 is 6.47 Å². The summed E-state index contributed by atoms with van der Waals surface area (Å²) in [5, 5.41) is 28.1. The van der Waals surface area contributed by atoms with Crippen LogP contribution < -0.4 is 4.74 Å². The van der Waals surface area contributed by atoms with Crippen LogP contribution in [0.2, 0.25) is 0 Å². The van der Waals surface area contributed by atoms with E-state index in [0.717, 1.165) is 35.4 Å². The molecule has 0 bridgehead atoms. The normalized spacial score (nSPS) is 13.1. The highest BCUT2D eigenvalue weighted by atomic mass is 19.4. The predicted molar refractivity (Wildman–Crippen MR) is 117 cm³/mol. The molecule has 0 aliphatic heterocycles. The van der Waals surface area contributed by atoms with Crippen molar-refractivity contribution in [3.8, 4) is 16.9 Å². The molecule has 2 aromatic carbocycles. The molecule has 0 saturated heterocycles. The van der Waals surface area contributed by atoms with Crippen molar-refractivity contribution in [2.75, 3.05) is 0 Å². The number of ether oxygens (including phenoxy) is 1. The van der Waals surface area contributed by atoms with Gasteiger partial charge < -0.3 is 14.9 Å². The molecule has 4 aromatic rings. The Labute approximate surface area is 214 Å². The molecule has 0 aliphatic rings. The summed E-state index contributed by atoms with van der Waals surface area (Å²) in [7, 11) is 0. The first-order chi connectivity index (χ1) is 18.3. The van der Waals surface area contributed by atoms with Gasteiger partial charge in [0.05, 0.1) is 6.54 Å². The fourth-order valence-corrected chi connectivity index (χ4v) is 3.48. The maximum absolute atomic E-state index is 15.7. The van der Waals surface area contributed by atoms with Gasteiger partial charge in [-0.05, 0) is 46.3 Å². The maximum Gasteiger partial charge on any atom is 0.573 e. The zero-order valence-corrected chi connectivity index (χ0v) is 19.2. The van der Waals surface area contributed by atoms with Crippen molar-refractivity contribution in [1.82, 2.24) is 25.2 Å². The van der Waals surface area contributed by atoms with Crippen molar-refractivity contribution in [3.63, 3.8) is 0 Å². The summed E-state index contributed by atoms with van der Waals surface area (Å²) in [5.74, 6) is -7.20. The lowest BCUT2D eigenvalue weighted by Gasteiger charge is -2.35. The van der Waals surface area contributed by atoms with Crippen LogP contribution in [0.25, 0.3) is 11.1 Å². The summed E-state index contributed by atoms with van der Waals surface area (Å²) in [4.78, 5) is 12.1. The fraction of sp³-hybridized carbons (Fsp3) is 0.174. The Morgan fingerprint density at radius 2 is 1.59 bits per heavy atom. The second-order valence-corrected chi connectivity index (χ2v) is 7.68. The second-order valence-electron chi connectivity index (χ2n) is 7.68. The monoisotopic (exact) mass is 559 g/mol. The van der Waals surface area contributed by atoms with Gasteiger partial charge in [0.1, 0.15) is 29.4 Å². The van der Waals surface area contributed by atoms with E-state index < -0.39 is 53.1 Å². The number of hydrogen-bond acceptors (Lipinski definition) is 7. The van der Waals surface area contributed by atoms with Crippen LogP contribution in [0.15, 0.2) is 67.1 Å². The molecule has 206 valence electrons. The third-order valence-electron chi connectivity index (χ3n) is 5.18. The molecule has 1 atom stereocenters. The average Bonchev–Trinajstić information content (AvgIpc) is 3.37. The van der Waals surface area contributed by atoms with Gasteiger partial charge in [0.25, 0.3) is 6.47 Å². The highest BCUT2D eigenvalue weighted by molar-refractivity contribution is 5.63. The molecule has 0 fully saturated rings. The Morgan fingerprint density at radius 3 is 2.10 bits per heavy atom. The summed E-state index contributed by atoms with van der Waals surface area (Å²) in [6.45, 7) is -1.26. The molecule has 0 unspecified atom stereocenters. The molecule has 39 heavy (non-hydrogen) atoms. The Balaban J connectivity index is 0.00000134.